The minimum Gasteiger partial charge on any atom is -0.480 e. The fourth-order valence-corrected chi connectivity index (χ4v) is 3.03. The van der Waals surface area contributed by atoms with E-state index in [1.54, 1.807) is 0 Å². The summed E-state index contributed by atoms with van der Waals surface area (Å²) in [7, 11) is 0. The van der Waals surface area contributed by atoms with Gasteiger partial charge in [-0.2, -0.15) is 12.6 Å². The average Bonchev–Trinajstić information content (AvgIpc) is 3.13. The number of carbonyl (C=O) groups excluding carboxylic acids is 4. The largest absolute Gasteiger partial charge is 0.480 e. The third-order valence-electron chi connectivity index (χ3n) is 4.41. The van der Waals surface area contributed by atoms with Crippen LogP contribution < -0.4 is 22.1 Å². The summed E-state index contributed by atoms with van der Waals surface area (Å²) in [6.07, 6.45) is 0.889. The predicted octanol–water partition coefficient (Wildman–Crippen LogP) is -2.43. The molecule has 158 valence electrons. The molecule has 0 aromatic rings. The molecule has 1 saturated heterocycles. The van der Waals surface area contributed by atoms with Gasteiger partial charge in [-0.3, -0.25) is 19.2 Å². The van der Waals surface area contributed by atoms with Gasteiger partial charge in [0.15, 0.2) is 0 Å². The van der Waals surface area contributed by atoms with Crippen LogP contribution in [0.2, 0.25) is 0 Å². The molecule has 0 aromatic carbocycles. The number of nitrogens with one attached hydrogen (secondary N) is 2. The Morgan fingerprint density at radius 1 is 1.21 bits per heavy atom. The summed E-state index contributed by atoms with van der Waals surface area (Å²) in [5.41, 5.74) is 10.6. The maximum atomic E-state index is 12.6. The van der Waals surface area contributed by atoms with Crippen LogP contribution in [0.1, 0.15) is 32.6 Å². The minimum absolute atomic E-state index is 0.0355. The molecular weight excluding hydrogens is 390 g/mol. The number of nitrogens with two attached hydrogens (primary N) is 2. The molecule has 7 N–H and O–H groups in total. The zero-order valence-corrected chi connectivity index (χ0v) is 16.5. The highest BCUT2D eigenvalue weighted by Crippen LogP contribution is 2.18. The molecule has 11 nitrogen and oxygen atoms in total. The second kappa shape index (κ2) is 10.9. The number of nitrogens with zero attached hydrogens (tertiary/aromatic N) is 1. The molecule has 0 aliphatic carbocycles. The quantitative estimate of drug-likeness (QED) is 0.213. The number of amides is 4. The van der Waals surface area contributed by atoms with E-state index < -0.39 is 53.8 Å². The van der Waals surface area contributed by atoms with Crippen LogP contribution in [-0.4, -0.2) is 76.1 Å². The second-order valence-corrected chi connectivity index (χ2v) is 6.98. The summed E-state index contributed by atoms with van der Waals surface area (Å²) in [4.78, 5) is 60.1. The molecule has 0 spiro atoms. The first-order valence-corrected chi connectivity index (χ1v) is 9.50. The number of rotatable bonds is 10. The van der Waals surface area contributed by atoms with Crippen LogP contribution >= 0.6 is 12.6 Å². The second-order valence-electron chi connectivity index (χ2n) is 6.61. The zero-order valence-electron chi connectivity index (χ0n) is 15.6. The van der Waals surface area contributed by atoms with Crippen molar-refractivity contribution in [2.75, 3.05) is 12.3 Å². The van der Waals surface area contributed by atoms with Gasteiger partial charge in [-0.25, -0.2) is 4.79 Å². The van der Waals surface area contributed by atoms with E-state index in [4.69, 9.17) is 11.5 Å². The van der Waals surface area contributed by atoms with Gasteiger partial charge in [0.1, 0.15) is 18.1 Å². The molecule has 1 heterocycles. The number of aliphatic carboxylic acids is 1. The maximum absolute atomic E-state index is 12.6. The summed E-state index contributed by atoms with van der Waals surface area (Å²) in [6.45, 7) is 1.70. The van der Waals surface area contributed by atoms with Crippen molar-refractivity contribution in [3.63, 3.8) is 0 Å². The lowest BCUT2D eigenvalue weighted by Gasteiger charge is -2.27. The van der Waals surface area contributed by atoms with Crippen LogP contribution in [-0.2, 0) is 24.0 Å². The Hall–Kier alpha value is -2.34. The van der Waals surface area contributed by atoms with Gasteiger partial charge in [0.05, 0.1) is 6.04 Å². The molecule has 4 unspecified atom stereocenters. The van der Waals surface area contributed by atoms with Gasteiger partial charge in [-0.15, -0.1) is 0 Å². The zero-order chi connectivity index (χ0) is 21.4. The summed E-state index contributed by atoms with van der Waals surface area (Å²) in [6, 6.07) is -3.96. The Balaban J connectivity index is 2.62. The van der Waals surface area contributed by atoms with Crippen molar-refractivity contribution in [3.05, 3.63) is 0 Å². The van der Waals surface area contributed by atoms with Crippen molar-refractivity contribution in [2.45, 2.75) is 56.8 Å². The van der Waals surface area contributed by atoms with Crippen molar-refractivity contribution in [3.8, 4) is 0 Å². The highest BCUT2D eigenvalue weighted by atomic mass is 32.1. The van der Waals surface area contributed by atoms with Crippen LogP contribution in [0.3, 0.4) is 0 Å². The molecule has 1 rings (SSSR count). The van der Waals surface area contributed by atoms with Gasteiger partial charge >= 0.3 is 5.97 Å². The molecule has 0 bridgehead atoms. The topological polar surface area (TPSA) is 185 Å². The molecule has 4 amide bonds. The van der Waals surface area contributed by atoms with Crippen LogP contribution in [0, 0.1) is 0 Å². The summed E-state index contributed by atoms with van der Waals surface area (Å²) in [5.74, 6) is -3.54. The average molecular weight is 417 g/mol. The summed E-state index contributed by atoms with van der Waals surface area (Å²) < 4.78 is 0. The first-order valence-electron chi connectivity index (χ1n) is 8.87. The number of likely N-dealkylation sites (tertiary alicyclic amines) is 1. The van der Waals surface area contributed by atoms with Gasteiger partial charge in [0.2, 0.25) is 23.6 Å². The Kier molecular flexibility index (Phi) is 9.19. The number of thiol groups is 1. The molecule has 1 aliphatic heterocycles. The van der Waals surface area contributed by atoms with E-state index in [0.29, 0.717) is 12.8 Å². The lowest BCUT2D eigenvalue weighted by molar-refractivity contribution is -0.149. The van der Waals surface area contributed by atoms with Crippen LogP contribution in [0.15, 0.2) is 0 Å². The monoisotopic (exact) mass is 417 g/mol. The molecule has 1 aliphatic rings. The number of carboxylic acid groups (broad SMARTS) is 1. The van der Waals surface area contributed by atoms with Gasteiger partial charge in [-0.05, 0) is 26.2 Å². The Morgan fingerprint density at radius 3 is 2.39 bits per heavy atom. The van der Waals surface area contributed by atoms with Crippen molar-refractivity contribution in [1.82, 2.24) is 15.5 Å². The van der Waals surface area contributed by atoms with E-state index in [2.05, 4.69) is 23.3 Å². The maximum Gasteiger partial charge on any atom is 0.326 e. The first kappa shape index (κ1) is 23.7. The molecule has 1 fully saturated rings. The molecule has 28 heavy (non-hydrogen) atoms. The van der Waals surface area contributed by atoms with E-state index in [0.717, 1.165) is 0 Å². The molecule has 0 saturated carbocycles. The number of hydrogen-bond donors (Lipinski definition) is 6. The molecule has 4 atom stereocenters. The lowest BCUT2D eigenvalue weighted by Crippen LogP contribution is -2.57. The molecule has 0 aromatic heterocycles. The fourth-order valence-electron chi connectivity index (χ4n) is 2.78. The van der Waals surface area contributed by atoms with E-state index in [-0.39, 0.29) is 25.1 Å². The normalized spacial score (nSPS) is 19.4. The molecule has 12 heteroatoms. The fraction of sp³-hybridized carbons (Fsp3) is 0.688. The first-order chi connectivity index (χ1) is 13.1. The van der Waals surface area contributed by atoms with E-state index in [9.17, 15) is 29.1 Å². The standard InChI is InChI=1S/C16H27N5O6S/c1-8(19-14(24)9(17)4-5-12(18)22)13(23)20-10(7-28)15(25)21-6-2-3-11(21)16(26)27/h8-11,28H,2-7,17H2,1H3,(H2,18,22)(H,19,24)(H,20,23)(H,26,27). The Morgan fingerprint density at radius 2 is 1.86 bits per heavy atom. The van der Waals surface area contributed by atoms with Crippen molar-refractivity contribution in [2.24, 2.45) is 11.5 Å². The Labute approximate surface area is 168 Å². The Bertz CT molecular complexity index is 631. The third kappa shape index (κ3) is 6.68. The predicted molar refractivity (Wildman–Crippen MR) is 102 cm³/mol. The van der Waals surface area contributed by atoms with Gasteiger partial charge in [0.25, 0.3) is 0 Å². The minimum atomic E-state index is -1.10. The van der Waals surface area contributed by atoms with E-state index >= 15 is 0 Å². The highest BCUT2D eigenvalue weighted by Gasteiger charge is 2.37. The van der Waals surface area contributed by atoms with Gasteiger partial charge in [-0.1, -0.05) is 0 Å². The molecular formula is C16H27N5O6S. The van der Waals surface area contributed by atoms with E-state index in [1.165, 1.54) is 11.8 Å². The van der Waals surface area contributed by atoms with E-state index in [1.807, 2.05) is 0 Å². The number of primary amides is 1. The molecule has 0 radical (unpaired) electrons. The number of carboxylic acids is 1. The number of hydrogen-bond acceptors (Lipinski definition) is 7. The summed E-state index contributed by atoms with van der Waals surface area (Å²) in [5, 5.41) is 14.1. The lowest BCUT2D eigenvalue weighted by atomic mass is 10.1. The van der Waals surface area contributed by atoms with Crippen molar-refractivity contribution >= 4 is 42.2 Å². The highest BCUT2D eigenvalue weighted by molar-refractivity contribution is 7.80. The van der Waals surface area contributed by atoms with Crippen molar-refractivity contribution < 1.29 is 29.1 Å². The van der Waals surface area contributed by atoms with Crippen molar-refractivity contribution in [1.29, 1.82) is 0 Å². The van der Waals surface area contributed by atoms with Crippen LogP contribution in [0.25, 0.3) is 0 Å². The third-order valence-corrected chi connectivity index (χ3v) is 4.77. The number of carbonyl (C=O) groups is 5. The SMILES string of the molecule is CC(NC(=O)C(N)CCC(N)=O)C(=O)NC(CS)C(=O)N1CCCC1C(=O)O. The van der Waals surface area contributed by atoms with Gasteiger partial charge < -0.3 is 32.1 Å². The van der Waals surface area contributed by atoms with Crippen LogP contribution in [0.4, 0.5) is 0 Å². The smallest absolute Gasteiger partial charge is 0.326 e. The van der Waals surface area contributed by atoms with Gasteiger partial charge in [0, 0.05) is 18.7 Å². The van der Waals surface area contributed by atoms with Crippen LogP contribution in [0.5, 0.6) is 0 Å². The summed E-state index contributed by atoms with van der Waals surface area (Å²) >= 11 is 4.06.